The Hall–Kier alpha value is -1.61. The van der Waals surface area contributed by atoms with Crippen molar-refractivity contribution in [3.63, 3.8) is 0 Å². The third kappa shape index (κ3) is 5.79. The Balaban J connectivity index is 1.95. The molecule has 0 radical (unpaired) electrons. The second-order valence-corrected chi connectivity index (χ2v) is 7.68. The number of hydrogen-bond donors (Lipinski definition) is 2. The first-order valence-electron chi connectivity index (χ1n) is 7.87. The number of thiazole rings is 1. The number of guanidine groups is 1. The summed E-state index contributed by atoms with van der Waals surface area (Å²) < 4.78 is 1.96. The highest BCUT2D eigenvalue weighted by Gasteiger charge is 2.06. The molecule has 9 heteroatoms. The largest absolute Gasteiger partial charge is 0.356 e. The van der Waals surface area contributed by atoms with Crippen molar-refractivity contribution in [1.82, 2.24) is 30.4 Å². The molecule has 7 nitrogen and oxygen atoms in total. The monoisotopic (exact) mass is 367 g/mol. The van der Waals surface area contributed by atoms with Crippen molar-refractivity contribution in [1.29, 1.82) is 0 Å². The van der Waals surface area contributed by atoms with Crippen LogP contribution in [0.3, 0.4) is 0 Å². The molecule has 2 aromatic heterocycles. The van der Waals surface area contributed by atoms with E-state index in [0.717, 1.165) is 41.3 Å². The lowest BCUT2D eigenvalue weighted by Gasteiger charge is -2.11. The minimum Gasteiger partial charge on any atom is -0.356 e. The van der Waals surface area contributed by atoms with Crippen molar-refractivity contribution in [2.45, 2.75) is 33.4 Å². The van der Waals surface area contributed by atoms with Gasteiger partial charge < -0.3 is 15.2 Å². The molecule has 2 N–H and O–H groups in total. The summed E-state index contributed by atoms with van der Waals surface area (Å²) in [6.45, 7) is 6.05. The number of thioether (sulfide) groups is 1. The average Bonchev–Trinajstić information content (AvgIpc) is 3.13. The smallest absolute Gasteiger partial charge is 0.192 e. The van der Waals surface area contributed by atoms with Gasteiger partial charge >= 0.3 is 0 Å². The predicted octanol–water partition coefficient (Wildman–Crippen LogP) is 1.88. The zero-order valence-electron chi connectivity index (χ0n) is 14.7. The van der Waals surface area contributed by atoms with Gasteiger partial charge in [0.25, 0.3) is 0 Å². The maximum absolute atomic E-state index is 4.63. The quantitative estimate of drug-likeness (QED) is 0.421. The molecule has 0 aromatic carbocycles. The zero-order chi connectivity index (χ0) is 17.4. The van der Waals surface area contributed by atoms with E-state index in [1.807, 2.05) is 36.5 Å². The zero-order valence-corrected chi connectivity index (χ0v) is 16.3. The summed E-state index contributed by atoms with van der Waals surface area (Å²) in [6.07, 6.45) is 5.11. The molecule has 0 saturated carbocycles. The fraction of sp³-hybridized carbons (Fsp3) is 0.600. The molecule has 0 amide bonds. The van der Waals surface area contributed by atoms with Crippen molar-refractivity contribution in [3.05, 3.63) is 27.7 Å². The highest BCUT2D eigenvalue weighted by atomic mass is 32.2. The predicted molar refractivity (Wildman–Crippen MR) is 102 cm³/mol. The van der Waals surface area contributed by atoms with Gasteiger partial charge in [-0.2, -0.15) is 11.8 Å². The molecule has 0 bridgehead atoms. The maximum Gasteiger partial charge on any atom is 0.192 e. The van der Waals surface area contributed by atoms with Crippen LogP contribution in [0.2, 0.25) is 0 Å². The van der Waals surface area contributed by atoms with Crippen molar-refractivity contribution < 1.29 is 0 Å². The third-order valence-electron chi connectivity index (χ3n) is 3.46. The lowest BCUT2D eigenvalue weighted by Crippen LogP contribution is -2.37. The molecule has 0 fully saturated rings. The molecule has 0 aliphatic carbocycles. The fourth-order valence-electron chi connectivity index (χ4n) is 1.98. The molecule has 2 heterocycles. The van der Waals surface area contributed by atoms with Gasteiger partial charge in [0, 0.05) is 24.7 Å². The van der Waals surface area contributed by atoms with Crippen molar-refractivity contribution in [2.75, 3.05) is 18.6 Å². The second-order valence-electron chi connectivity index (χ2n) is 5.38. The van der Waals surface area contributed by atoms with E-state index in [2.05, 4.69) is 44.0 Å². The number of nitrogens with zero attached hydrogens (tertiary/aromatic N) is 5. The van der Waals surface area contributed by atoms with E-state index >= 15 is 0 Å². The number of hydrogen-bond acceptors (Lipinski definition) is 6. The van der Waals surface area contributed by atoms with Crippen molar-refractivity contribution in [3.8, 4) is 0 Å². The van der Waals surface area contributed by atoms with E-state index < -0.39 is 0 Å². The minimum atomic E-state index is 0.492. The molecule has 0 aliphatic heterocycles. The number of aryl methyl sites for hydroxylation is 2. The van der Waals surface area contributed by atoms with Gasteiger partial charge in [-0.05, 0) is 32.3 Å². The van der Waals surface area contributed by atoms with Crippen LogP contribution in [0.5, 0.6) is 0 Å². The van der Waals surface area contributed by atoms with Crippen LogP contribution in [0.4, 0.5) is 0 Å². The number of aromatic nitrogens is 4. The molecule has 24 heavy (non-hydrogen) atoms. The topological polar surface area (TPSA) is 80.0 Å². The summed E-state index contributed by atoms with van der Waals surface area (Å²) in [5, 5.41) is 16.0. The lowest BCUT2D eigenvalue weighted by molar-refractivity contribution is 0.744. The van der Waals surface area contributed by atoms with Gasteiger partial charge in [-0.15, -0.1) is 21.5 Å². The number of rotatable bonds is 8. The summed E-state index contributed by atoms with van der Waals surface area (Å²) >= 11 is 3.55. The SMILES string of the molecule is CSCCCNC(=NCc1nnc(C)n1C)NCc1ncc(C)s1. The fourth-order valence-corrected chi connectivity index (χ4v) is 3.14. The first-order chi connectivity index (χ1) is 11.6. The molecular weight excluding hydrogens is 342 g/mol. The first-order valence-corrected chi connectivity index (χ1v) is 10.1. The van der Waals surface area contributed by atoms with Crippen molar-refractivity contribution in [2.24, 2.45) is 12.0 Å². The Kier molecular flexibility index (Phi) is 7.51. The van der Waals surface area contributed by atoms with Gasteiger partial charge in [0.1, 0.15) is 17.4 Å². The van der Waals surface area contributed by atoms with Crippen LogP contribution >= 0.6 is 23.1 Å². The molecule has 0 atom stereocenters. The van der Waals surface area contributed by atoms with Crippen LogP contribution in [0.25, 0.3) is 0 Å². The van der Waals surface area contributed by atoms with Gasteiger partial charge in [0.2, 0.25) is 0 Å². The van der Waals surface area contributed by atoms with Gasteiger partial charge in [-0.1, -0.05) is 0 Å². The van der Waals surface area contributed by atoms with Crippen LogP contribution < -0.4 is 10.6 Å². The summed E-state index contributed by atoms with van der Waals surface area (Å²) in [6, 6.07) is 0. The molecule has 0 saturated heterocycles. The molecule has 0 unspecified atom stereocenters. The highest BCUT2D eigenvalue weighted by Crippen LogP contribution is 2.10. The van der Waals surface area contributed by atoms with E-state index in [0.29, 0.717) is 13.1 Å². The Morgan fingerprint density at radius 2 is 2.17 bits per heavy atom. The number of aliphatic imine (C=N–C) groups is 1. The van der Waals surface area contributed by atoms with Crippen LogP contribution in [0.15, 0.2) is 11.2 Å². The molecule has 132 valence electrons. The van der Waals surface area contributed by atoms with Crippen molar-refractivity contribution >= 4 is 29.1 Å². The van der Waals surface area contributed by atoms with Gasteiger partial charge in [0.15, 0.2) is 11.8 Å². The third-order valence-corrected chi connectivity index (χ3v) is 5.06. The van der Waals surface area contributed by atoms with Crippen LogP contribution in [0.1, 0.15) is 28.0 Å². The lowest BCUT2D eigenvalue weighted by atomic mass is 10.5. The maximum atomic E-state index is 4.63. The van der Waals surface area contributed by atoms with Crippen LogP contribution in [-0.2, 0) is 20.1 Å². The van der Waals surface area contributed by atoms with Gasteiger partial charge in [0.05, 0.1) is 6.54 Å². The molecule has 0 spiro atoms. The van der Waals surface area contributed by atoms with E-state index in [4.69, 9.17) is 0 Å². The average molecular weight is 368 g/mol. The number of nitrogens with one attached hydrogen (secondary N) is 2. The van der Waals surface area contributed by atoms with Crippen LogP contribution in [0, 0.1) is 13.8 Å². The van der Waals surface area contributed by atoms with E-state index in [-0.39, 0.29) is 0 Å². The normalized spacial score (nSPS) is 11.8. The molecular formula is C15H25N7S2. The van der Waals surface area contributed by atoms with Crippen LogP contribution in [-0.4, -0.2) is 44.3 Å². The Labute approximate surface area is 151 Å². The minimum absolute atomic E-state index is 0.492. The standard InChI is InChI=1S/C15H25N7S2/c1-11-8-17-14(24-11)10-19-15(16-6-5-7-23-4)18-9-13-21-20-12(2)22(13)3/h8H,5-7,9-10H2,1-4H3,(H2,16,18,19). The highest BCUT2D eigenvalue weighted by molar-refractivity contribution is 7.98. The summed E-state index contributed by atoms with van der Waals surface area (Å²) in [4.78, 5) is 10.2. The van der Waals surface area contributed by atoms with E-state index in [1.165, 1.54) is 4.88 Å². The first kappa shape index (κ1) is 18.7. The van der Waals surface area contributed by atoms with E-state index in [1.54, 1.807) is 11.3 Å². The molecule has 2 rings (SSSR count). The second kappa shape index (κ2) is 9.63. The molecule has 2 aromatic rings. The Morgan fingerprint density at radius 3 is 2.79 bits per heavy atom. The van der Waals surface area contributed by atoms with Gasteiger partial charge in [-0.25, -0.2) is 9.98 Å². The Morgan fingerprint density at radius 1 is 1.33 bits per heavy atom. The Bertz CT molecular complexity index is 663. The summed E-state index contributed by atoms with van der Waals surface area (Å²) in [5.74, 6) is 3.65. The molecule has 0 aliphatic rings. The summed E-state index contributed by atoms with van der Waals surface area (Å²) in [7, 11) is 1.96. The summed E-state index contributed by atoms with van der Waals surface area (Å²) in [5.41, 5.74) is 0. The van der Waals surface area contributed by atoms with E-state index in [9.17, 15) is 0 Å². The van der Waals surface area contributed by atoms with Gasteiger partial charge in [-0.3, -0.25) is 0 Å².